The number of hydrogen-bond donors (Lipinski definition) is 2. The molecule has 3 aromatic rings. The van der Waals surface area contributed by atoms with Crippen molar-refractivity contribution in [2.75, 3.05) is 25.8 Å². The van der Waals surface area contributed by atoms with Crippen molar-refractivity contribution in [3.05, 3.63) is 47.4 Å². The molecule has 38 heavy (non-hydrogen) atoms. The van der Waals surface area contributed by atoms with Crippen molar-refractivity contribution >= 4 is 42.7 Å². The number of fused-ring (bicyclic) bond motifs is 1. The summed E-state index contributed by atoms with van der Waals surface area (Å²) in [6.07, 6.45) is 3.38. The molecule has 0 radical (unpaired) electrons. The first-order chi connectivity index (χ1) is 18.1. The molecule has 0 amide bonds. The third kappa shape index (κ3) is 6.17. The second-order valence-corrected chi connectivity index (χ2v) is 11.4. The number of rotatable bonds is 10. The lowest BCUT2D eigenvalue weighted by Gasteiger charge is -2.29. The zero-order valence-corrected chi connectivity index (χ0v) is 23.2. The van der Waals surface area contributed by atoms with Crippen LogP contribution in [0.15, 0.2) is 36.8 Å². The van der Waals surface area contributed by atoms with Crippen LogP contribution in [0.2, 0.25) is 5.02 Å². The van der Waals surface area contributed by atoms with Crippen molar-refractivity contribution in [3.8, 4) is 11.8 Å². The van der Waals surface area contributed by atoms with Crippen molar-refractivity contribution in [2.24, 2.45) is 5.92 Å². The lowest BCUT2D eigenvalue weighted by molar-refractivity contribution is -0.146. The van der Waals surface area contributed by atoms with Crippen LogP contribution in [0.4, 0.5) is 5.82 Å². The molecule has 11 nitrogen and oxygen atoms in total. The zero-order valence-electron chi connectivity index (χ0n) is 21.6. The first-order valence-corrected chi connectivity index (χ1v) is 13.8. The molecule has 2 aromatic heterocycles. The molecule has 13 heteroatoms. The average molecular weight is 561 g/mol. The first kappa shape index (κ1) is 28.0. The van der Waals surface area contributed by atoms with Gasteiger partial charge in [-0.15, -0.1) is 0 Å². The minimum absolute atomic E-state index is 0.109. The number of halogens is 1. The third-order valence-corrected chi connectivity index (χ3v) is 8.05. The Morgan fingerprint density at radius 2 is 2.11 bits per heavy atom. The van der Waals surface area contributed by atoms with Gasteiger partial charge in [0.1, 0.15) is 56.0 Å². The van der Waals surface area contributed by atoms with Crippen LogP contribution in [0.5, 0.6) is 5.75 Å². The molecular formula is C25H30ClN6O5P. The van der Waals surface area contributed by atoms with Crippen molar-refractivity contribution in [2.45, 2.75) is 45.1 Å². The first-order valence-electron chi connectivity index (χ1n) is 11.9. The summed E-state index contributed by atoms with van der Waals surface area (Å²) in [6, 6.07) is 9.16. The number of esters is 1. The van der Waals surface area contributed by atoms with E-state index in [0.717, 1.165) is 0 Å². The lowest BCUT2D eigenvalue weighted by Crippen LogP contribution is -2.45. The average Bonchev–Trinajstić information content (AvgIpc) is 3.46. The molecule has 4 unspecified atom stereocenters. The molecule has 202 valence electrons. The van der Waals surface area contributed by atoms with Gasteiger partial charge in [-0.05, 0) is 44.5 Å². The molecule has 1 aromatic carbocycles. The van der Waals surface area contributed by atoms with Crippen molar-refractivity contribution in [1.29, 1.82) is 5.26 Å². The number of carbonyl (C=O) groups excluding carboxylic acids is 1. The highest BCUT2D eigenvalue weighted by Crippen LogP contribution is 2.41. The number of nitrogen functional groups attached to an aromatic ring is 1. The van der Waals surface area contributed by atoms with Gasteiger partial charge >= 0.3 is 5.97 Å². The molecule has 1 saturated heterocycles. The van der Waals surface area contributed by atoms with Gasteiger partial charge in [-0.1, -0.05) is 18.5 Å². The van der Waals surface area contributed by atoms with Crippen LogP contribution < -0.4 is 15.6 Å². The Bertz CT molecular complexity index is 1330. The highest BCUT2D eigenvalue weighted by atomic mass is 35.5. The summed E-state index contributed by atoms with van der Waals surface area (Å²) >= 11 is 5.97. The molecule has 3 N–H and O–H groups in total. The maximum atomic E-state index is 12.3. The quantitative estimate of drug-likeness (QED) is 0.270. The Labute approximate surface area is 227 Å². The highest BCUT2D eigenvalue weighted by Gasteiger charge is 2.37. The molecule has 0 spiro atoms. The molecule has 4 rings (SSSR count). The Kier molecular flexibility index (Phi) is 8.71. The summed E-state index contributed by atoms with van der Waals surface area (Å²) in [5.74, 6) is 0.572. The van der Waals surface area contributed by atoms with Crippen LogP contribution in [0.1, 0.15) is 39.0 Å². The van der Waals surface area contributed by atoms with E-state index in [-0.39, 0.29) is 37.0 Å². The van der Waals surface area contributed by atoms with E-state index in [0.29, 0.717) is 33.8 Å². The Hall–Kier alpha value is -3.00. The van der Waals surface area contributed by atoms with Gasteiger partial charge in [-0.3, -0.25) is 9.88 Å². The molecule has 3 heterocycles. The molecule has 1 fully saturated rings. The number of ether oxygens (including phenoxy) is 3. The van der Waals surface area contributed by atoms with E-state index in [1.54, 1.807) is 44.3 Å². The van der Waals surface area contributed by atoms with Crippen LogP contribution in [0, 0.1) is 17.2 Å². The zero-order chi connectivity index (χ0) is 27.4. The van der Waals surface area contributed by atoms with E-state index in [9.17, 15) is 10.1 Å². The second kappa shape index (κ2) is 11.8. The lowest BCUT2D eigenvalue weighted by atomic mass is 10.1. The van der Waals surface area contributed by atoms with Crippen LogP contribution in [0.3, 0.4) is 0 Å². The number of aromatic nitrogens is 3. The largest absolute Gasteiger partial charge is 0.485 e. The molecule has 4 atom stereocenters. The number of carbonyl (C=O) groups is 1. The van der Waals surface area contributed by atoms with Crippen LogP contribution in [-0.2, 0) is 18.8 Å². The minimum Gasteiger partial charge on any atom is -0.485 e. The predicted octanol–water partition coefficient (Wildman–Crippen LogP) is 4.37. The van der Waals surface area contributed by atoms with Crippen LogP contribution in [-0.4, -0.2) is 52.2 Å². The Morgan fingerprint density at radius 1 is 1.37 bits per heavy atom. The van der Waals surface area contributed by atoms with Gasteiger partial charge in [-0.2, -0.15) is 5.26 Å². The Morgan fingerprint density at radius 3 is 2.79 bits per heavy atom. The van der Waals surface area contributed by atoms with Gasteiger partial charge < -0.3 is 29.0 Å². The van der Waals surface area contributed by atoms with E-state index in [2.05, 4.69) is 28.0 Å². The molecule has 0 bridgehead atoms. The molecular weight excluding hydrogens is 531 g/mol. The van der Waals surface area contributed by atoms with Gasteiger partial charge in [0.25, 0.3) is 0 Å². The monoisotopic (exact) mass is 560 g/mol. The fourth-order valence-electron chi connectivity index (χ4n) is 4.30. The number of anilines is 1. The maximum absolute atomic E-state index is 12.3. The number of benzene rings is 1. The topological polar surface area (TPSA) is 147 Å². The smallest absolute Gasteiger partial charge is 0.325 e. The molecule has 0 aliphatic carbocycles. The Balaban J connectivity index is 1.46. The number of nitrogens with one attached hydrogen (secondary N) is 1. The minimum atomic E-state index is -1.42. The van der Waals surface area contributed by atoms with Crippen molar-refractivity contribution < 1.29 is 23.5 Å². The summed E-state index contributed by atoms with van der Waals surface area (Å²) in [6.45, 7) is 5.78. The summed E-state index contributed by atoms with van der Waals surface area (Å²) in [4.78, 5) is 20.6. The van der Waals surface area contributed by atoms with E-state index in [4.69, 9.17) is 36.1 Å². The summed E-state index contributed by atoms with van der Waals surface area (Å²) in [5, 5.41) is 13.9. The van der Waals surface area contributed by atoms with Gasteiger partial charge in [0.15, 0.2) is 0 Å². The van der Waals surface area contributed by atoms with Gasteiger partial charge in [0.2, 0.25) is 0 Å². The fraction of sp³-hybridized carbons (Fsp3) is 0.440. The number of hydrogen-bond acceptors (Lipinski definition) is 10. The van der Waals surface area contributed by atoms with E-state index < -0.39 is 19.8 Å². The summed E-state index contributed by atoms with van der Waals surface area (Å²) in [7, 11) is -0.0798. The number of nitrogens with two attached hydrogens (primary N) is 1. The fourth-order valence-corrected chi connectivity index (χ4v) is 5.96. The number of methoxy groups -OCH3 is 1. The summed E-state index contributed by atoms with van der Waals surface area (Å²) in [5.41, 5.74) is 5.96. The van der Waals surface area contributed by atoms with Crippen LogP contribution >= 0.6 is 19.9 Å². The standard InChI is InChI=1S/C25H30ClN6O5P/c1-15-9-19(37-23(15)32-11-16(10-27)20-21(28)29-13-30-22(20)32)12-36-38(31-25(2,3)24(33)34-4)14-35-18-7-5-17(26)6-8-18/h5-8,11,13,15,19,23,31H,9,12,14H2,1-4H3,(H2,28,29,30). The van der Waals surface area contributed by atoms with E-state index >= 15 is 0 Å². The van der Waals surface area contributed by atoms with Crippen molar-refractivity contribution in [1.82, 2.24) is 19.6 Å². The maximum Gasteiger partial charge on any atom is 0.325 e. The predicted molar refractivity (Wildman–Crippen MR) is 143 cm³/mol. The second-order valence-electron chi connectivity index (χ2n) is 9.51. The van der Waals surface area contributed by atoms with Crippen molar-refractivity contribution in [3.63, 3.8) is 0 Å². The van der Waals surface area contributed by atoms with Crippen LogP contribution in [0.25, 0.3) is 11.0 Å². The molecule has 1 aliphatic heterocycles. The number of nitriles is 1. The van der Waals surface area contributed by atoms with E-state index in [1.807, 2.05) is 4.57 Å². The van der Waals surface area contributed by atoms with Gasteiger partial charge in [0.05, 0.1) is 30.8 Å². The molecule has 0 saturated carbocycles. The SMILES string of the molecule is COC(=O)C(C)(C)NP(COc1ccc(Cl)cc1)OCC1CC(C)C(n2cc(C#N)c3c(N)ncnc32)O1. The normalized spacial score (nSPS) is 20.3. The van der Waals surface area contributed by atoms with E-state index in [1.165, 1.54) is 13.4 Å². The van der Waals surface area contributed by atoms with Gasteiger partial charge in [0, 0.05) is 17.1 Å². The van der Waals surface area contributed by atoms with Gasteiger partial charge in [-0.25, -0.2) is 9.97 Å². The number of nitrogens with zero attached hydrogens (tertiary/aromatic N) is 4. The summed E-state index contributed by atoms with van der Waals surface area (Å²) < 4.78 is 25.3. The molecule has 1 aliphatic rings. The highest BCUT2D eigenvalue weighted by molar-refractivity contribution is 7.50. The third-order valence-electron chi connectivity index (χ3n) is 6.16.